The Balaban J connectivity index is 1.27. The van der Waals surface area contributed by atoms with Crippen molar-refractivity contribution in [2.75, 3.05) is 0 Å². The van der Waals surface area contributed by atoms with E-state index in [-0.39, 0.29) is 0 Å². The molecule has 0 atom stereocenters. The molecule has 222 valence electrons. The van der Waals surface area contributed by atoms with E-state index in [0.717, 1.165) is 67.0 Å². The monoisotopic (exact) mass is 604 g/mol. The average molecular weight is 605 g/mol. The number of hydrogen-bond donors (Lipinski definition) is 0. The average Bonchev–Trinajstić information content (AvgIpc) is 3.63. The summed E-state index contributed by atoms with van der Waals surface area (Å²) in [6, 6.07) is 42.9. The molecule has 0 aliphatic rings. The predicted molar refractivity (Wildman–Crippen MR) is 197 cm³/mol. The Morgan fingerprint density at radius 1 is 0.574 bits per heavy atom. The third-order valence-electron chi connectivity index (χ3n) is 9.06. The van der Waals surface area contributed by atoms with Crippen molar-refractivity contribution >= 4 is 79.0 Å². The van der Waals surface area contributed by atoms with Crippen LogP contribution in [-0.2, 0) is 0 Å². The Labute approximate surface area is 270 Å². The minimum absolute atomic E-state index is 0.756. The molecule has 6 aromatic carbocycles. The highest BCUT2D eigenvalue weighted by Gasteiger charge is 2.19. The fraction of sp³-hybridized carbons (Fsp3) is 0.0244. The largest absolute Gasteiger partial charge is 0.307 e. The molecule has 9 aromatic rings. The third kappa shape index (κ3) is 4.05. The van der Waals surface area contributed by atoms with E-state index in [9.17, 15) is 0 Å². The van der Waals surface area contributed by atoms with Crippen LogP contribution >= 0.6 is 0 Å². The maximum Gasteiger partial charge on any atom is 0.113 e. The van der Waals surface area contributed by atoms with E-state index in [2.05, 4.69) is 129 Å². The molecule has 3 heterocycles. The molecule has 0 N–H and O–H groups in total. The Morgan fingerprint density at radius 2 is 1.15 bits per heavy atom. The second-order valence-corrected chi connectivity index (χ2v) is 11.6. The van der Waals surface area contributed by atoms with Gasteiger partial charge in [0.05, 0.1) is 44.6 Å². The zero-order valence-electron chi connectivity index (χ0n) is 25.7. The van der Waals surface area contributed by atoms with Crippen molar-refractivity contribution in [2.45, 2.75) is 6.92 Å². The predicted octanol–water partition coefficient (Wildman–Crippen LogP) is 10.5. The summed E-state index contributed by atoms with van der Waals surface area (Å²) < 4.78 is 4.60. The van der Waals surface area contributed by atoms with E-state index < -0.39 is 0 Å². The third-order valence-corrected chi connectivity index (χ3v) is 9.06. The first-order valence-corrected chi connectivity index (χ1v) is 15.6. The Bertz CT molecular complexity index is 2720. The van der Waals surface area contributed by atoms with Crippen LogP contribution in [0.4, 0.5) is 11.4 Å². The van der Waals surface area contributed by atoms with Crippen LogP contribution in [0.15, 0.2) is 144 Å². The molecule has 3 aromatic heterocycles. The second-order valence-electron chi connectivity index (χ2n) is 11.6. The minimum atomic E-state index is 0.756. The topological polar surface area (TPSA) is 60.4 Å². The first kappa shape index (κ1) is 27.0. The number of para-hydroxylation sites is 4. The number of aliphatic imine (C=N–C) groups is 2. The molecule has 0 saturated heterocycles. The summed E-state index contributed by atoms with van der Waals surface area (Å²) in [5.41, 5.74) is 12.1. The van der Waals surface area contributed by atoms with Gasteiger partial charge in [-0.2, -0.15) is 0 Å². The molecule has 9 rings (SSSR count). The van der Waals surface area contributed by atoms with E-state index in [1.807, 2.05) is 25.1 Å². The lowest BCUT2D eigenvalue weighted by molar-refractivity contribution is 1.17. The van der Waals surface area contributed by atoms with Gasteiger partial charge in [-0.05, 0) is 85.4 Å². The second kappa shape index (κ2) is 10.6. The van der Waals surface area contributed by atoms with Crippen LogP contribution in [-0.4, -0.2) is 32.0 Å². The van der Waals surface area contributed by atoms with Crippen LogP contribution in [0.3, 0.4) is 0 Å². The summed E-state index contributed by atoms with van der Waals surface area (Å²) in [7, 11) is 0. The molecule has 0 aliphatic heterocycles. The van der Waals surface area contributed by atoms with Crippen LogP contribution in [0.5, 0.6) is 0 Å². The summed E-state index contributed by atoms with van der Waals surface area (Å²) >= 11 is 0. The molecular weight excluding hydrogens is 576 g/mol. The van der Waals surface area contributed by atoms with Gasteiger partial charge in [0, 0.05) is 40.2 Å². The van der Waals surface area contributed by atoms with Gasteiger partial charge in [0.1, 0.15) is 11.2 Å². The van der Waals surface area contributed by atoms with Crippen molar-refractivity contribution in [2.24, 2.45) is 9.98 Å². The van der Waals surface area contributed by atoms with Crippen molar-refractivity contribution in [3.63, 3.8) is 0 Å². The number of nitrogens with zero attached hydrogens (tertiary/aromatic N) is 6. The van der Waals surface area contributed by atoms with Gasteiger partial charge < -0.3 is 9.13 Å². The van der Waals surface area contributed by atoms with Crippen LogP contribution < -0.4 is 0 Å². The van der Waals surface area contributed by atoms with Crippen molar-refractivity contribution < 1.29 is 0 Å². The fourth-order valence-corrected chi connectivity index (χ4v) is 7.07. The lowest BCUT2D eigenvalue weighted by Gasteiger charge is -2.13. The summed E-state index contributed by atoms with van der Waals surface area (Å²) in [6.07, 6.45) is 5.31. The fourth-order valence-electron chi connectivity index (χ4n) is 7.07. The highest BCUT2D eigenvalue weighted by Crippen LogP contribution is 2.42. The highest BCUT2D eigenvalue weighted by molar-refractivity contribution is 6.13. The smallest absolute Gasteiger partial charge is 0.113 e. The number of hydrogen-bond acceptors (Lipinski definition) is 4. The normalized spacial score (nSPS) is 11.9. The van der Waals surface area contributed by atoms with Crippen molar-refractivity contribution in [1.29, 1.82) is 0 Å². The van der Waals surface area contributed by atoms with Gasteiger partial charge in [0.15, 0.2) is 0 Å². The molecule has 6 heteroatoms. The molecule has 47 heavy (non-hydrogen) atoms. The van der Waals surface area contributed by atoms with Crippen LogP contribution in [0.2, 0.25) is 0 Å². The molecule has 0 unspecified atom stereocenters. The van der Waals surface area contributed by atoms with Gasteiger partial charge in [0.25, 0.3) is 0 Å². The van der Waals surface area contributed by atoms with Gasteiger partial charge in [-0.3, -0.25) is 20.0 Å². The summed E-state index contributed by atoms with van der Waals surface area (Å²) in [4.78, 5) is 18.3. The van der Waals surface area contributed by atoms with Crippen LogP contribution in [0, 0.1) is 0 Å². The molecule has 0 aliphatic carbocycles. The minimum Gasteiger partial charge on any atom is -0.307 e. The van der Waals surface area contributed by atoms with E-state index in [1.54, 1.807) is 18.6 Å². The Kier molecular flexibility index (Phi) is 6.08. The lowest BCUT2D eigenvalue weighted by Crippen LogP contribution is -1.97. The zero-order valence-corrected chi connectivity index (χ0v) is 25.7. The number of fused-ring (bicyclic) bond motifs is 7. The number of rotatable bonds is 5. The van der Waals surface area contributed by atoms with E-state index >= 15 is 0 Å². The lowest BCUT2D eigenvalue weighted by atomic mass is 10.0. The van der Waals surface area contributed by atoms with Gasteiger partial charge in [-0.1, -0.05) is 60.7 Å². The molecular formula is C41H28N6. The highest BCUT2D eigenvalue weighted by atomic mass is 15.0. The SMILES string of the molecule is C=Nc1cccc(-n2c3ccccc3c3cc(-c4ccc5c(c4)c4ccccc4n5-c4cccc5nccnc45)ccc32)c1/N=C\C. The van der Waals surface area contributed by atoms with Crippen molar-refractivity contribution in [1.82, 2.24) is 19.1 Å². The van der Waals surface area contributed by atoms with E-state index in [1.165, 1.54) is 21.5 Å². The maximum atomic E-state index is 4.72. The molecule has 0 bridgehead atoms. The van der Waals surface area contributed by atoms with Crippen molar-refractivity contribution in [3.8, 4) is 22.5 Å². The van der Waals surface area contributed by atoms with E-state index in [0.29, 0.717) is 0 Å². The van der Waals surface area contributed by atoms with Crippen LogP contribution in [0.25, 0.3) is 77.1 Å². The molecule has 0 fully saturated rings. The van der Waals surface area contributed by atoms with E-state index in [4.69, 9.17) is 9.98 Å². The van der Waals surface area contributed by atoms with Gasteiger partial charge in [0.2, 0.25) is 0 Å². The summed E-state index contributed by atoms with van der Waals surface area (Å²) in [5.74, 6) is 0. The molecule has 0 spiro atoms. The molecule has 6 nitrogen and oxygen atoms in total. The van der Waals surface area contributed by atoms with Gasteiger partial charge in [-0.15, -0.1) is 0 Å². The maximum absolute atomic E-state index is 4.72. The van der Waals surface area contributed by atoms with Crippen molar-refractivity contribution in [3.05, 3.63) is 134 Å². The number of benzene rings is 6. The van der Waals surface area contributed by atoms with Crippen LogP contribution in [0.1, 0.15) is 6.92 Å². The standard InChI is InChI=1S/C41H28N6/c1-3-43-40-32(42-2)12-8-16-38(40)46-34-14-6-4-10-28(34)30-24-26(18-20-36(30)46)27-19-21-37-31(25-27)29-11-5-7-15-35(29)47(37)39-17-9-13-33-41(39)45-23-22-44-33/h3-25H,2H2,1H3/b43-3-. The summed E-state index contributed by atoms with van der Waals surface area (Å²) in [6.45, 7) is 5.72. The first-order valence-electron chi connectivity index (χ1n) is 15.6. The zero-order chi connectivity index (χ0) is 31.5. The van der Waals surface area contributed by atoms with Gasteiger partial charge in [-0.25, -0.2) is 0 Å². The van der Waals surface area contributed by atoms with Gasteiger partial charge >= 0.3 is 0 Å². The quantitative estimate of drug-likeness (QED) is 0.184. The Morgan fingerprint density at radius 3 is 1.81 bits per heavy atom. The molecule has 0 amide bonds. The summed E-state index contributed by atoms with van der Waals surface area (Å²) in [5, 5.41) is 4.75. The molecule has 0 saturated carbocycles. The first-order chi connectivity index (χ1) is 23.2. The molecule has 0 radical (unpaired) electrons. The number of aromatic nitrogens is 4. The Hall–Kier alpha value is -6.40.